The Labute approximate surface area is 113 Å². The van der Waals surface area contributed by atoms with Crippen molar-refractivity contribution in [2.75, 3.05) is 5.75 Å². The highest BCUT2D eigenvalue weighted by atomic mass is 32.2. The number of hydrogen-bond donors (Lipinski definition) is 1. The number of amidine groups is 1. The van der Waals surface area contributed by atoms with Crippen molar-refractivity contribution in [1.29, 1.82) is 0 Å². The molecule has 1 N–H and O–H groups in total. The van der Waals surface area contributed by atoms with E-state index in [1.54, 1.807) is 0 Å². The molecule has 1 aromatic rings. The Bertz CT molecular complexity index is 456. The van der Waals surface area contributed by atoms with Crippen LogP contribution in [-0.2, 0) is 12.8 Å². The lowest BCUT2D eigenvalue weighted by Gasteiger charge is -2.25. The highest BCUT2D eigenvalue weighted by molar-refractivity contribution is 8.14. The predicted molar refractivity (Wildman–Crippen MR) is 79.4 cm³/mol. The lowest BCUT2D eigenvalue weighted by molar-refractivity contribution is 0.530. The summed E-state index contributed by atoms with van der Waals surface area (Å²) in [6, 6.07) is 9.93. The van der Waals surface area contributed by atoms with Crippen molar-refractivity contribution in [2.24, 2.45) is 4.99 Å². The van der Waals surface area contributed by atoms with E-state index in [0.29, 0.717) is 12.1 Å². The van der Waals surface area contributed by atoms with Gasteiger partial charge in [0.25, 0.3) is 0 Å². The van der Waals surface area contributed by atoms with Crippen molar-refractivity contribution in [3.05, 3.63) is 35.4 Å². The molecule has 0 radical (unpaired) electrons. The molecule has 2 unspecified atom stereocenters. The molecule has 3 heteroatoms. The zero-order chi connectivity index (χ0) is 12.4. The Morgan fingerprint density at radius 2 is 2.17 bits per heavy atom. The summed E-state index contributed by atoms with van der Waals surface area (Å²) < 4.78 is 0. The van der Waals surface area contributed by atoms with Gasteiger partial charge in [0.05, 0.1) is 6.04 Å². The molecule has 2 atom stereocenters. The first-order chi connectivity index (χ1) is 8.85. The standard InChI is InChI=1S/C15H20N2S/c1-2-13-10-18-15(16-13)17-14-8-7-11-5-3-4-6-12(11)9-14/h3-6,13-14H,2,7-10H2,1H3,(H,16,17). The number of thioether (sulfide) groups is 1. The normalized spacial score (nSPS) is 26.6. The van der Waals surface area contributed by atoms with Gasteiger partial charge in [-0.15, -0.1) is 0 Å². The van der Waals surface area contributed by atoms with Crippen molar-refractivity contribution in [3.63, 3.8) is 0 Å². The number of benzene rings is 1. The SMILES string of the molecule is CCC1CSC(NC2CCc3ccccc3C2)=N1. The highest BCUT2D eigenvalue weighted by Crippen LogP contribution is 2.24. The first kappa shape index (κ1) is 12.1. The maximum Gasteiger partial charge on any atom is 0.157 e. The fourth-order valence-electron chi connectivity index (χ4n) is 2.70. The molecule has 2 aliphatic rings. The summed E-state index contributed by atoms with van der Waals surface area (Å²) in [5.41, 5.74) is 3.04. The Kier molecular flexibility index (Phi) is 3.59. The van der Waals surface area contributed by atoms with Crippen LogP contribution in [0, 0.1) is 0 Å². The maximum absolute atomic E-state index is 4.73. The number of nitrogens with zero attached hydrogens (tertiary/aromatic N) is 1. The van der Waals surface area contributed by atoms with Crippen molar-refractivity contribution >= 4 is 16.9 Å². The Morgan fingerprint density at radius 3 is 2.94 bits per heavy atom. The Hall–Kier alpha value is -0.960. The first-order valence-electron chi connectivity index (χ1n) is 6.89. The lowest BCUT2D eigenvalue weighted by atomic mass is 9.88. The number of rotatable bonds is 2. The van der Waals surface area contributed by atoms with Gasteiger partial charge in [-0.1, -0.05) is 43.0 Å². The minimum absolute atomic E-state index is 0.536. The number of aryl methyl sites for hydroxylation is 1. The summed E-state index contributed by atoms with van der Waals surface area (Å²) in [7, 11) is 0. The molecule has 18 heavy (non-hydrogen) atoms. The van der Waals surface area contributed by atoms with Crippen LogP contribution in [0.2, 0.25) is 0 Å². The minimum Gasteiger partial charge on any atom is -0.362 e. The Balaban J connectivity index is 1.63. The van der Waals surface area contributed by atoms with E-state index in [9.17, 15) is 0 Å². The molecule has 0 saturated carbocycles. The van der Waals surface area contributed by atoms with Gasteiger partial charge in [-0.2, -0.15) is 0 Å². The van der Waals surface area contributed by atoms with Crippen LogP contribution in [0.1, 0.15) is 30.9 Å². The average Bonchev–Trinajstić information content (AvgIpc) is 2.86. The third kappa shape index (κ3) is 2.56. The van der Waals surface area contributed by atoms with Crippen LogP contribution in [0.3, 0.4) is 0 Å². The third-order valence-corrected chi connectivity index (χ3v) is 4.91. The summed E-state index contributed by atoms with van der Waals surface area (Å²) in [5, 5.41) is 4.81. The lowest BCUT2D eigenvalue weighted by Crippen LogP contribution is -2.37. The fraction of sp³-hybridized carbons (Fsp3) is 0.533. The van der Waals surface area contributed by atoms with Crippen LogP contribution in [0.15, 0.2) is 29.3 Å². The smallest absolute Gasteiger partial charge is 0.157 e. The number of aliphatic imine (C=N–C) groups is 1. The summed E-state index contributed by atoms with van der Waals surface area (Å²) in [6.07, 6.45) is 4.73. The van der Waals surface area contributed by atoms with Crippen molar-refractivity contribution in [3.8, 4) is 0 Å². The number of hydrogen-bond acceptors (Lipinski definition) is 3. The molecule has 1 aromatic carbocycles. The van der Waals surface area contributed by atoms with Crippen molar-refractivity contribution < 1.29 is 0 Å². The third-order valence-electron chi connectivity index (χ3n) is 3.86. The van der Waals surface area contributed by atoms with E-state index in [-0.39, 0.29) is 0 Å². The van der Waals surface area contributed by atoms with Gasteiger partial charge >= 0.3 is 0 Å². The van der Waals surface area contributed by atoms with E-state index in [1.165, 1.54) is 29.1 Å². The predicted octanol–water partition coefficient (Wildman–Crippen LogP) is 3.01. The van der Waals surface area contributed by atoms with Crippen LogP contribution in [0.5, 0.6) is 0 Å². The first-order valence-corrected chi connectivity index (χ1v) is 7.87. The van der Waals surface area contributed by atoms with Gasteiger partial charge in [0, 0.05) is 11.8 Å². The Morgan fingerprint density at radius 1 is 1.33 bits per heavy atom. The largest absolute Gasteiger partial charge is 0.362 e. The number of nitrogens with one attached hydrogen (secondary N) is 1. The van der Waals surface area contributed by atoms with Crippen LogP contribution < -0.4 is 5.32 Å². The molecule has 0 saturated heterocycles. The maximum atomic E-state index is 4.73. The van der Waals surface area contributed by atoms with Gasteiger partial charge in [0.2, 0.25) is 0 Å². The topological polar surface area (TPSA) is 24.4 Å². The molecule has 1 heterocycles. The second kappa shape index (κ2) is 5.35. The quantitative estimate of drug-likeness (QED) is 0.884. The summed E-state index contributed by atoms with van der Waals surface area (Å²) >= 11 is 1.89. The zero-order valence-electron chi connectivity index (χ0n) is 10.9. The van der Waals surface area contributed by atoms with E-state index in [1.807, 2.05) is 11.8 Å². The monoisotopic (exact) mass is 260 g/mol. The van der Waals surface area contributed by atoms with Crippen LogP contribution in [-0.4, -0.2) is 23.0 Å². The van der Waals surface area contributed by atoms with E-state index in [4.69, 9.17) is 4.99 Å². The highest BCUT2D eigenvalue weighted by Gasteiger charge is 2.22. The summed E-state index contributed by atoms with van der Waals surface area (Å²) in [5.74, 6) is 1.15. The molecule has 0 amide bonds. The van der Waals surface area contributed by atoms with Gasteiger partial charge in [-0.3, -0.25) is 4.99 Å². The summed E-state index contributed by atoms with van der Waals surface area (Å²) in [6.45, 7) is 2.22. The summed E-state index contributed by atoms with van der Waals surface area (Å²) in [4.78, 5) is 4.73. The molecule has 0 aromatic heterocycles. The van der Waals surface area contributed by atoms with Gasteiger partial charge < -0.3 is 5.32 Å². The van der Waals surface area contributed by atoms with E-state index in [2.05, 4.69) is 36.5 Å². The fourth-order valence-corrected chi connectivity index (χ4v) is 3.83. The van der Waals surface area contributed by atoms with Crippen LogP contribution in [0.4, 0.5) is 0 Å². The van der Waals surface area contributed by atoms with Crippen LogP contribution in [0.25, 0.3) is 0 Å². The minimum atomic E-state index is 0.536. The number of fused-ring (bicyclic) bond motifs is 1. The molecule has 0 fully saturated rings. The second-order valence-corrected chi connectivity index (χ2v) is 6.17. The van der Waals surface area contributed by atoms with Gasteiger partial charge in [0.1, 0.15) is 0 Å². The molecular weight excluding hydrogens is 240 g/mol. The van der Waals surface area contributed by atoms with Crippen molar-refractivity contribution in [1.82, 2.24) is 5.32 Å². The van der Waals surface area contributed by atoms with E-state index in [0.717, 1.165) is 18.6 Å². The molecule has 96 valence electrons. The molecule has 2 nitrogen and oxygen atoms in total. The molecule has 1 aliphatic carbocycles. The molecule has 3 rings (SSSR count). The second-order valence-electron chi connectivity index (χ2n) is 5.16. The van der Waals surface area contributed by atoms with E-state index >= 15 is 0 Å². The zero-order valence-corrected chi connectivity index (χ0v) is 11.7. The van der Waals surface area contributed by atoms with E-state index < -0.39 is 0 Å². The average molecular weight is 260 g/mol. The van der Waals surface area contributed by atoms with Gasteiger partial charge in [-0.25, -0.2) is 0 Å². The molecule has 0 bridgehead atoms. The van der Waals surface area contributed by atoms with Crippen LogP contribution >= 0.6 is 11.8 Å². The van der Waals surface area contributed by atoms with Gasteiger partial charge in [0.15, 0.2) is 5.17 Å². The van der Waals surface area contributed by atoms with Crippen molar-refractivity contribution in [2.45, 2.75) is 44.7 Å². The van der Waals surface area contributed by atoms with Gasteiger partial charge in [-0.05, 0) is 36.8 Å². The molecular formula is C15H20N2S. The molecule has 0 spiro atoms. The molecule has 1 aliphatic heterocycles.